The summed E-state index contributed by atoms with van der Waals surface area (Å²) in [5.74, 6) is 0.780. The van der Waals surface area contributed by atoms with Crippen LogP contribution in [0.25, 0.3) is 11.8 Å². The highest BCUT2D eigenvalue weighted by Gasteiger charge is 2.33. The number of rotatable bonds is 5. The van der Waals surface area contributed by atoms with E-state index in [1.165, 1.54) is 0 Å². The van der Waals surface area contributed by atoms with Crippen molar-refractivity contribution in [3.8, 4) is 11.4 Å². The van der Waals surface area contributed by atoms with Crippen molar-refractivity contribution in [3.63, 3.8) is 0 Å². The van der Waals surface area contributed by atoms with Crippen LogP contribution >= 0.6 is 11.6 Å². The zero-order valence-corrected chi connectivity index (χ0v) is 19.2. The van der Waals surface area contributed by atoms with Crippen LogP contribution in [0.15, 0.2) is 54.8 Å². The molecule has 0 radical (unpaired) electrons. The number of hydrogen-bond donors (Lipinski definition) is 0. The molecule has 0 bridgehead atoms. The Kier molecular flexibility index (Phi) is 6.19. The van der Waals surface area contributed by atoms with E-state index in [0.717, 1.165) is 22.6 Å². The number of methoxy groups -OCH3 is 1. The molecule has 0 N–H and O–H groups in total. The number of amides is 1. The van der Waals surface area contributed by atoms with Crippen LogP contribution in [0.1, 0.15) is 36.8 Å². The number of hydrogen-bond acceptors (Lipinski definition) is 5. The molecule has 8 heteroatoms. The molecule has 0 saturated carbocycles. The second-order valence-corrected chi connectivity index (χ2v) is 8.26. The molecule has 1 unspecified atom stereocenters. The first-order chi connectivity index (χ1) is 15.4. The van der Waals surface area contributed by atoms with E-state index in [2.05, 4.69) is 9.97 Å². The summed E-state index contributed by atoms with van der Waals surface area (Å²) in [6.07, 6.45) is 6.86. The summed E-state index contributed by atoms with van der Waals surface area (Å²) in [6.45, 7) is 6.31. The highest BCUT2D eigenvalue weighted by Crippen LogP contribution is 2.29. The summed E-state index contributed by atoms with van der Waals surface area (Å²) in [5, 5.41) is 0.562. The van der Waals surface area contributed by atoms with E-state index in [4.69, 9.17) is 21.1 Å². The molecule has 4 rings (SSSR count). The number of halogens is 1. The fourth-order valence-corrected chi connectivity index (χ4v) is 3.84. The van der Waals surface area contributed by atoms with Gasteiger partial charge in [0.25, 0.3) is 5.91 Å². The molecule has 1 aliphatic rings. The average molecular weight is 453 g/mol. The number of ether oxygens (including phenoxy) is 2. The molecule has 0 aliphatic carbocycles. The predicted octanol–water partition coefficient (Wildman–Crippen LogP) is 4.59. The molecular weight excluding hydrogens is 428 g/mol. The molecule has 2 atom stereocenters. The van der Waals surface area contributed by atoms with E-state index >= 15 is 0 Å². The van der Waals surface area contributed by atoms with E-state index in [0.29, 0.717) is 17.3 Å². The lowest BCUT2D eigenvalue weighted by Crippen LogP contribution is -2.45. The molecule has 1 saturated heterocycles. The lowest BCUT2D eigenvalue weighted by Gasteiger charge is -2.36. The normalized spacial score (nSPS) is 18.5. The summed E-state index contributed by atoms with van der Waals surface area (Å²) in [6, 6.07) is 9.14. The number of carbonyl (C=O) groups is 1. The van der Waals surface area contributed by atoms with Gasteiger partial charge in [-0.05, 0) is 56.7 Å². The van der Waals surface area contributed by atoms with Gasteiger partial charge in [-0.25, -0.2) is 4.98 Å². The quantitative estimate of drug-likeness (QED) is 0.530. The standard InChI is InChI=1S/C24H25ClN4O3/c1-15-12-28(14-27-15)21-8-5-18(9-22(21)31-4)10-23-24(30)29(13-16(2)32-23)17(3)20-7-6-19(25)11-26-20/h5-12,14,16-17H,13H2,1-4H3/t16?,17-/m0/s1. The Hall–Kier alpha value is -3.32. The second kappa shape index (κ2) is 9.04. The second-order valence-electron chi connectivity index (χ2n) is 7.83. The highest BCUT2D eigenvalue weighted by molar-refractivity contribution is 6.30. The fourth-order valence-electron chi connectivity index (χ4n) is 3.73. The molecule has 1 amide bonds. The third-order valence-electron chi connectivity index (χ3n) is 5.39. The number of nitrogens with zero attached hydrogens (tertiary/aromatic N) is 4. The van der Waals surface area contributed by atoms with Crippen molar-refractivity contribution in [2.45, 2.75) is 32.9 Å². The fraction of sp³-hybridized carbons (Fsp3) is 0.292. The van der Waals surface area contributed by atoms with Crippen LogP contribution in [0.2, 0.25) is 5.02 Å². The largest absolute Gasteiger partial charge is 0.495 e. The van der Waals surface area contributed by atoms with E-state index < -0.39 is 0 Å². The van der Waals surface area contributed by atoms with Gasteiger partial charge in [0, 0.05) is 12.4 Å². The molecule has 1 aliphatic heterocycles. The predicted molar refractivity (Wildman–Crippen MR) is 123 cm³/mol. The van der Waals surface area contributed by atoms with E-state index in [9.17, 15) is 4.79 Å². The third kappa shape index (κ3) is 4.48. The number of aromatic nitrogens is 3. The SMILES string of the molecule is COc1cc(C=C2OC(C)CN([C@@H](C)c3ccc(Cl)cn3)C2=O)ccc1-n1cnc(C)c1. The van der Waals surface area contributed by atoms with E-state index in [-0.39, 0.29) is 23.8 Å². The van der Waals surface area contributed by atoms with E-state index in [1.807, 2.05) is 55.8 Å². The summed E-state index contributed by atoms with van der Waals surface area (Å²) < 4.78 is 13.4. The first-order valence-electron chi connectivity index (χ1n) is 10.4. The minimum absolute atomic E-state index is 0.149. The Bertz CT molecular complexity index is 1160. The van der Waals surface area contributed by atoms with Gasteiger partial charge in [0.2, 0.25) is 0 Å². The van der Waals surface area contributed by atoms with Crippen molar-refractivity contribution < 1.29 is 14.3 Å². The lowest BCUT2D eigenvalue weighted by molar-refractivity contribution is -0.141. The Morgan fingerprint density at radius 2 is 2.09 bits per heavy atom. The molecule has 1 fully saturated rings. The van der Waals surface area contributed by atoms with Crippen LogP contribution in [0.3, 0.4) is 0 Å². The number of benzene rings is 1. The van der Waals surface area contributed by atoms with Crippen LogP contribution in [-0.2, 0) is 9.53 Å². The Morgan fingerprint density at radius 3 is 2.75 bits per heavy atom. The molecule has 2 aromatic heterocycles. The van der Waals surface area contributed by atoms with Gasteiger partial charge >= 0.3 is 0 Å². The zero-order chi connectivity index (χ0) is 22.8. The molecule has 166 valence electrons. The maximum absolute atomic E-state index is 13.2. The molecule has 1 aromatic carbocycles. The molecule has 32 heavy (non-hydrogen) atoms. The van der Waals surface area contributed by atoms with Crippen molar-refractivity contribution >= 4 is 23.6 Å². The van der Waals surface area contributed by atoms with Crippen LogP contribution < -0.4 is 4.74 Å². The van der Waals surface area contributed by atoms with Crippen molar-refractivity contribution in [1.29, 1.82) is 0 Å². The lowest BCUT2D eigenvalue weighted by atomic mass is 10.1. The van der Waals surface area contributed by atoms with Crippen LogP contribution in [0, 0.1) is 6.92 Å². The maximum atomic E-state index is 13.2. The van der Waals surface area contributed by atoms with Gasteiger partial charge in [0.15, 0.2) is 5.76 Å². The first kappa shape index (κ1) is 21.9. The maximum Gasteiger partial charge on any atom is 0.289 e. The highest BCUT2D eigenvalue weighted by atomic mass is 35.5. The monoisotopic (exact) mass is 452 g/mol. The van der Waals surface area contributed by atoms with Crippen LogP contribution in [0.4, 0.5) is 0 Å². The smallest absolute Gasteiger partial charge is 0.289 e. The summed E-state index contributed by atoms with van der Waals surface area (Å²) in [5.41, 5.74) is 3.36. The van der Waals surface area contributed by atoms with Crippen molar-refractivity contribution in [3.05, 3.63) is 76.8 Å². The van der Waals surface area contributed by atoms with Gasteiger partial charge in [-0.1, -0.05) is 17.7 Å². The molecular formula is C24H25ClN4O3. The van der Waals surface area contributed by atoms with Crippen LogP contribution in [0.5, 0.6) is 5.75 Å². The number of pyridine rings is 1. The Balaban J connectivity index is 1.62. The van der Waals surface area contributed by atoms with E-state index in [1.54, 1.807) is 36.7 Å². The topological polar surface area (TPSA) is 69.5 Å². The third-order valence-corrected chi connectivity index (χ3v) is 5.61. The molecule has 0 spiro atoms. The zero-order valence-electron chi connectivity index (χ0n) is 18.4. The Labute approximate surface area is 192 Å². The van der Waals surface area contributed by atoms with Crippen molar-refractivity contribution in [2.24, 2.45) is 0 Å². The minimum atomic E-state index is -0.212. The first-order valence-corrected chi connectivity index (χ1v) is 10.7. The van der Waals surface area contributed by atoms with Gasteiger partial charge in [-0.15, -0.1) is 0 Å². The number of morpholine rings is 1. The van der Waals surface area contributed by atoms with Crippen molar-refractivity contribution in [1.82, 2.24) is 19.4 Å². The summed E-state index contributed by atoms with van der Waals surface area (Å²) in [4.78, 5) is 23.7. The average Bonchev–Trinajstić information content (AvgIpc) is 3.22. The van der Waals surface area contributed by atoms with Crippen molar-refractivity contribution in [2.75, 3.05) is 13.7 Å². The van der Waals surface area contributed by atoms with Gasteiger partial charge < -0.3 is 18.9 Å². The van der Waals surface area contributed by atoms with Gasteiger partial charge in [-0.2, -0.15) is 0 Å². The summed E-state index contributed by atoms with van der Waals surface area (Å²) in [7, 11) is 1.62. The van der Waals surface area contributed by atoms with Gasteiger partial charge in [0.1, 0.15) is 11.9 Å². The van der Waals surface area contributed by atoms with Gasteiger partial charge in [-0.3, -0.25) is 9.78 Å². The number of imidazole rings is 1. The number of carbonyl (C=O) groups excluding carboxylic acids is 1. The Morgan fingerprint density at radius 1 is 1.28 bits per heavy atom. The number of aryl methyl sites for hydroxylation is 1. The van der Waals surface area contributed by atoms with Crippen LogP contribution in [-0.4, -0.2) is 45.1 Å². The van der Waals surface area contributed by atoms with Gasteiger partial charge in [0.05, 0.1) is 48.1 Å². The molecule has 3 heterocycles. The minimum Gasteiger partial charge on any atom is -0.495 e. The molecule has 3 aromatic rings. The molecule has 7 nitrogen and oxygen atoms in total. The summed E-state index contributed by atoms with van der Waals surface area (Å²) >= 11 is 5.96.